The second kappa shape index (κ2) is 3.72. The molecular weight excluding hydrogens is 152 g/mol. The summed E-state index contributed by atoms with van der Waals surface area (Å²) in [7, 11) is 0. The highest BCUT2D eigenvalue weighted by Gasteiger charge is 2.23. The van der Waals surface area contributed by atoms with Crippen molar-refractivity contribution < 1.29 is 4.79 Å². The number of likely N-dealkylation sites (N-methyl/N-ethyl adjacent to an activating group) is 1. The minimum Gasteiger partial charge on any atom is -0.320 e. The van der Waals surface area contributed by atoms with E-state index in [1.165, 1.54) is 5.57 Å². The smallest absolute Gasteiger partial charge is 0.243 e. The first-order chi connectivity index (χ1) is 5.69. The third-order valence-electron chi connectivity index (χ3n) is 2.22. The minimum absolute atomic E-state index is 0.0506. The van der Waals surface area contributed by atoms with Crippen LogP contribution in [0.15, 0.2) is 11.8 Å². The van der Waals surface area contributed by atoms with Gasteiger partial charge in [0.25, 0.3) is 0 Å². The van der Waals surface area contributed by atoms with E-state index in [9.17, 15) is 4.79 Å². The Morgan fingerprint density at radius 1 is 1.67 bits per heavy atom. The predicted octanol–water partition coefficient (Wildman–Crippen LogP) is 0.860. The van der Waals surface area contributed by atoms with Gasteiger partial charge < -0.3 is 10.6 Å². The highest BCUT2D eigenvalue weighted by atomic mass is 16.2. The van der Waals surface area contributed by atoms with Crippen LogP contribution in [0, 0.1) is 0 Å². The van der Waals surface area contributed by atoms with E-state index in [-0.39, 0.29) is 11.9 Å². The summed E-state index contributed by atoms with van der Waals surface area (Å²) in [6.45, 7) is 4.76. The van der Waals surface area contributed by atoms with Crippen LogP contribution in [-0.4, -0.2) is 23.4 Å². The quantitative estimate of drug-likeness (QED) is 0.664. The second-order valence-corrected chi connectivity index (χ2v) is 3.08. The van der Waals surface area contributed by atoms with Gasteiger partial charge in [-0.2, -0.15) is 0 Å². The van der Waals surface area contributed by atoms with Gasteiger partial charge in [-0.05, 0) is 19.8 Å². The molecule has 1 aliphatic rings. The van der Waals surface area contributed by atoms with Crippen LogP contribution in [0.2, 0.25) is 0 Å². The zero-order valence-corrected chi connectivity index (χ0v) is 7.71. The number of nitrogens with two attached hydrogens (primary N) is 1. The lowest BCUT2D eigenvalue weighted by molar-refractivity contribution is -0.130. The third-order valence-corrected chi connectivity index (χ3v) is 2.22. The number of nitrogens with zero attached hydrogens (tertiary/aromatic N) is 1. The summed E-state index contributed by atoms with van der Waals surface area (Å²) in [4.78, 5) is 13.1. The molecule has 0 saturated heterocycles. The summed E-state index contributed by atoms with van der Waals surface area (Å²) in [6.07, 6.45) is 3.65. The van der Waals surface area contributed by atoms with E-state index in [0.29, 0.717) is 0 Å². The van der Waals surface area contributed by atoms with Crippen LogP contribution in [0.1, 0.15) is 26.7 Å². The van der Waals surface area contributed by atoms with Crippen molar-refractivity contribution in [1.82, 2.24) is 4.90 Å². The minimum atomic E-state index is -0.315. The molecule has 68 valence electrons. The van der Waals surface area contributed by atoms with Gasteiger partial charge >= 0.3 is 0 Å². The maximum Gasteiger partial charge on any atom is 0.243 e. The van der Waals surface area contributed by atoms with E-state index in [0.717, 1.165) is 19.4 Å². The van der Waals surface area contributed by atoms with E-state index in [2.05, 4.69) is 6.92 Å². The van der Waals surface area contributed by atoms with Crippen molar-refractivity contribution in [2.75, 3.05) is 6.54 Å². The zero-order chi connectivity index (χ0) is 9.14. The van der Waals surface area contributed by atoms with E-state index in [4.69, 9.17) is 5.73 Å². The number of hydrogen-bond donors (Lipinski definition) is 1. The zero-order valence-electron chi connectivity index (χ0n) is 7.71. The molecule has 1 aliphatic heterocycles. The second-order valence-electron chi connectivity index (χ2n) is 3.08. The summed E-state index contributed by atoms with van der Waals surface area (Å²) in [5.41, 5.74) is 6.95. The summed E-state index contributed by atoms with van der Waals surface area (Å²) in [5.74, 6) is 0.0506. The van der Waals surface area contributed by atoms with E-state index in [1.54, 1.807) is 4.90 Å². The average Bonchev–Trinajstić information content (AvgIpc) is 2.09. The summed E-state index contributed by atoms with van der Waals surface area (Å²) < 4.78 is 0. The Kier molecular flexibility index (Phi) is 2.87. The SMILES string of the molecule is CCC1=CN(CC)C(=O)C(N)C1. The number of rotatable bonds is 2. The number of hydrogen-bond acceptors (Lipinski definition) is 2. The molecule has 0 aromatic heterocycles. The lowest BCUT2D eigenvalue weighted by Gasteiger charge is -2.27. The molecule has 1 rings (SSSR count). The van der Waals surface area contributed by atoms with Crippen molar-refractivity contribution in [3.05, 3.63) is 11.8 Å². The first kappa shape index (κ1) is 9.26. The van der Waals surface area contributed by atoms with Gasteiger partial charge in [-0.15, -0.1) is 0 Å². The van der Waals surface area contributed by atoms with Crippen LogP contribution in [0.3, 0.4) is 0 Å². The van der Waals surface area contributed by atoms with E-state index < -0.39 is 0 Å². The lowest BCUT2D eigenvalue weighted by Crippen LogP contribution is -2.44. The van der Waals surface area contributed by atoms with Gasteiger partial charge in [0.05, 0.1) is 6.04 Å². The molecule has 1 atom stereocenters. The van der Waals surface area contributed by atoms with Crippen molar-refractivity contribution in [2.24, 2.45) is 5.73 Å². The topological polar surface area (TPSA) is 46.3 Å². The summed E-state index contributed by atoms with van der Waals surface area (Å²) in [5, 5.41) is 0. The van der Waals surface area contributed by atoms with Crippen molar-refractivity contribution in [3.8, 4) is 0 Å². The molecule has 3 nitrogen and oxygen atoms in total. The third kappa shape index (κ3) is 1.67. The standard InChI is InChI=1S/C9H16N2O/c1-3-7-5-8(10)9(12)11(4-2)6-7/h6,8H,3-5,10H2,1-2H3. The predicted molar refractivity (Wildman–Crippen MR) is 48.4 cm³/mol. The molecule has 0 saturated carbocycles. The molecule has 1 unspecified atom stereocenters. The number of amides is 1. The van der Waals surface area contributed by atoms with Crippen LogP contribution < -0.4 is 5.73 Å². The van der Waals surface area contributed by atoms with Crippen LogP contribution in [0.4, 0.5) is 0 Å². The van der Waals surface area contributed by atoms with Gasteiger partial charge in [0.1, 0.15) is 0 Å². The molecule has 0 bridgehead atoms. The lowest BCUT2D eigenvalue weighted by atomic mass is 10.0. The molecule has 1 heterocycles. The van der Waals surface area contributed by atoms with Crippen LogP contribution >= 0.6 is 0 Å². The Labute approximate surface area is 73.2 Å². The van der Waals surface area contributed by atoms with Crippen molar-refractivity contribution in [2.45, 2.75) is 32.7 Å². The van der Waals surface area contributed by atoms with Crippen LogP contribution in [-0.2, 0) is 4.79 Å². The fourth-order valence-corrected chi connectivity index (χ4v) is 1.40. The van der Waals surface area contributed by atoms with Crippen molar-refractivity contribution >= 4 is 5.91 Å². The van der Waals surface area contributed by atoms with Gasteiger partial charge in [0.2, 0.25) is 5.91 Å². The summed E-state index contributed by atoms with van der Waals surface area (Å²) >= 11 is 0. The Morgan fingerprint density at radius 2 is 2.33 bits per heavy atom. The number of carbonyl (C=O) groups excluding carboxylic acids is 1. The molecule has 2 N–H and O–H groups in total. The molecule has 0 fully saturated rings. The van der Waals surface area contributed by atoms with Gasteiger partial charge in [-0.3, -0.25) is 4.79 Å². The monoisotopic (exact) mass is 168 g/mol. The number of carbonyl (C=O) groups is 1. The molecule has 3 heteroatoms. The Bertz CT molecular complexity index is 211. The maximum atomic E-state index is 11.4. The fourth-order valence-electron chi connectivity index (χ4n) is 1.40. The van der Waals surface area contributed by atoms with Gasteiger partial charge in [0.15, 0.2) is 0 Å². The molecular formula is C9H16N2O. The van der Waals surface area contributed by atoms with Gasteiger partial charge in [-0.25, -0.2) is 0 Å². The highest BCUT2D eigenvalue weighted by molar-refractivity contribution is 5.84. The fraction of sp³-hybridized carbons (Fsp3) is 0.667. The molecule has 1 amide bonds. The summed E-state index contributed by atoms with van der Waals surface area (Å²) in [6, 6.07) is -0.315. The van der Waals surface area contributed by atoms with Gasteiger partial charge in [-0.1, -0.05) is 12.5 Å². The molecule has 12 heavy (non-hydrogen) atoms. The van der Waals surface area contributed by atoms with E-state index >= 15 is 0 Å². The molecule has 0 aliphatic carbocycles. The van der Waals surface area contributed by atoms with E-state index in [1.807, 2.05) is 13.1 Å². The van der Waals surface area contributed by atoms with Crippen LogP contribution in [0.5, 0.6) is 0 Å². The molecule has 0 aromatic rings. The van der Waals surface area contributed by atoms with Crippen LogP contribution in [0.25, 0.3) is 0 Å². The Hall–Kier alpha value is -0.830. The van der Waals surface area contributed by atoms with Gasteiger partial charge in [0, 0.05) is 12.7 Å². The largest absolute Gasteiger partial charge is 0.320 e. The molecule has 0 spiro atoms. The Morgan fingerprint density at radius 3 is 2.83 bits per heavy atom. The first-order valence-corrected chi connectivity index (χ1v) is 4.44. The first-order valence-electron chi connectivity index (χ1n) is 4.44. The van der Waals surface area contributed by atoms with Crippen molar-refractivity contribution in [3.63, 3.8) is 0 Å². The average molecular weight is 168 g/mol. The maximum absolute atomic E-state index is 11.4. The van der Waals surface area contributed by atoms with Crippen molar-refractivity contribution in [1.29, 1.82) is 0 Å². The Balaban J connectivity index is 2.78. The highest BCUT2D eigenvalue weighted by Crippen LogP contribution is 2.17. The normalized spacial score (nSPS) is 24.2. The molecule has 0 radical (unpaired) electrons. The molecule has 0 aromatic carbocycles.